The Morgan fingerprint density at radius 1 is 1.43 bits per heavy atom. The van der Waals surface area contributed by atoms with Crippen LogP contribution in [0.1, 0.15) is 41.5 Å². The number of aromatic carboxylic acids is 1. The summed E-state index contributed by atoms with van der Waals surface area (Å²) in [5.74, 6) is -1.28. The average Bonchev–Trinajstić information content (AvgIpc) is 2.83. The molecule has 0 spiro atoms. The van der Waals surface area contributed by atoms with Crippen molar-refractivity contribution < 1.29 is 14.8 Å². The van der Waals surface area contributed by atoms with Crippen molar-refractivity contribution in [2.75, 3.05) is 0 Å². The van der Waals surface area contributed by atoms with E-state index < -0.39 is 10.9 Å². The van der Waals surface area contributed by atoms with Crippen molar-refractivity contribution in [1.29, 1.82) is 0 Å². The highest BCUT2D eigenvalue weighted by Crippen LogP contribution is 2.22. The number of aromatic nitrogens is 3. The van der Waals surface area contributed by atoms with Crippen molar-refractivity contribution in [2.24, 2.45) is 0 Å². The van der Waals surface area contributed by atoms with Crippen LogP contribution in [0.3, 0.4) is 0 Å². The highest BCUT2D eigenvalue weighted by Gasteiger charge is 2.23. The van der Waals surface area contributed by atoms with Crippen molar-refractivity contribution in [3.05, 3.63) is 51.3 Å². The van der Waals surface area contributed by atoms with Crippen LogP contribution in [0.25, 0.3) is 0 Å². The molecule has 0 amide bonds. The maximum absolute atomic E-state index is 11.1. The largest absolute Gasteiger partial charge is 0.476 e. The van der Waals surface area contributed by atoms with Gasteiger partial charge in [0.2, 0.25) is 0 Å². The molecule has 8 nitrogen and oxygen atoms in total. The number of rotatable bonds is 5. The molecule has 21 heavy (non-hydrogen) atoms. The summed E-state index contributed by atoms with van der Waals surface area (Å²) in [6.07, 6.45) is 0. The van der Waals surface area contributed by atoms with E-state index in [-0.39, 0.29) is 23.8 Å². The molecule has 0 fully saturated rings. The van der Waals surface area contributed by atoms with Gasteiger partial charge in [-0.3, -0.25) is 10.1 Å². The maximum Gasteiger partial charge on any atom is 0.358 e. The number of carbonyl (C=O) groups is 1. The van der Waals surface area contributed by atoms with Crippen LogP contribution in [-0.2, 0) is 6.54 Å². The number of hydrogen-bond acceptors (Lipinski definition) is 5. The van der Waals surface area contributed by atoms with E-state index in [9.17, 15) is 14.9 Å². The Labute approximate surface area is 120 Å². The van der Waals surface area contributed by atoms with Crippen molar-refractivity contribution in [3.63, 3.8) is 0 Å². The molecule has 0 atom stereocenters. The molecule has 0 saturated heterocycles. The summed E-state index contributed by atoms with van der Waals surface area (Å²) < 4.78 is 1.40. The van der Waals surface area contributed by atoms with Crippen LogP contribution in [0.4, 0.5) is 5.69 Å². The summed E-state index contributed by atoms with van der Waals surface area (Å²) in [6.45, 7) is 3.74. The zero-order chi connectivity index (χ0) is 15.6. The lowest BCUT2D eigenvalue weighted by molar-refractivity contribution is -0.385. The zero-order valence-electron chi connectivity index (χ0n) is 11.6. The van der Waals surface area contributed by atoms with Crippen LogP contribution >= 0.6 is 0 Å². The smallest absolute Gasteiger partial charge is 0.358 e. The van der Waals surface area contributed by atoms with Gasteiger partial charge in [-0.25, -0.2) is 9.48 Å². The predicted molar refractivity (Wildman–Crippen MR) is 73.3 cm³/mol. The number of carboxylic acid groups (broad SMARTS) is 1. The van der Waals surface area contributed by atoms with Crippen molar-refractivity contribution in [1.82, 2.24) is 15.0 Å². The summed E-state index contributed by atoms with van der Waals surface area (Å²) in [6, 6.07) is 6.28. The third-order valence-corrected chi connectivity index (χ3v) is 3.03. The summed E-state index contributed by atoms with van der Waals surface area (Å²) in [5.41, 5.74) is 0.745. The van der Waals surface area contributed by atoms with Gasteiger partial charge in [0.25, 0.3) is 5.69 Å². The molecule has 0 saturated carbocycles. The lowest BCUT2D eigenvalue weighted by atomic mass is 10.1. The molecule has 110 valence electrons. The second-order valence-corrected chi connectivity index (χ2v) is 4.83. The first-order chi connectivity index (χ1) is 9.91. The van der Waals surface area contributed by atoms with Gasteiger partial charge in [0.05, 0.1) is 22.7 Å². The molecule has 0 aliphatic rings. The van der Waals surface area contributed by atoms with Gasteiger partial charge in [0, 0.05) is 6.07 Å². The lowest BCUT2D eigenvalue weighted by Gasteiger charge is -2.10. The van der Waals surface area contributed by atoms with Crippen LogP contribution in [0, 0.1) is 10.1 Å². The quantitative estimate of drug-likeness (QED) is 0.666. The van der Waals surface area contributed by atoms with E-state index in [1.807, 2.05) is 13.8 Å². The molecule has 0 unspecified atom stereocenters. The monoisotopic (exact) mass is 290 g/mol. The summed E-state index contributed by atoms with van der Waals surface area (Å²) in [7, 11) is 0. The number of para-hydroxylation sites is 1. The molecule has 0 radical (unpaired) electrons. The van der Waals surface area contributed by atoms with Gasteiger partial charge in [-0.15, -0.1) is 5.10 Å². The van der Waals surface area contributed by atoms with Gasteiger partial charge in [-0.1, -0.05) is 37.3 Å². The lowest BCUT2D eigenvalue weighted by Crippen LogP contribution is -2.11. The van der Waals surface area contributed by atoms with Gasteiger partial charge in [0.1, 0.15) is 0 Å². The number of hydrogen-bond donors (Lipinski definition) is 1. The van der Waals surface area contributed by atoms with Gasteiger partial charge in [0.15, 0.2) is 5.69 Å². The van der Waals surface area contributed by atoms with Crippen LogP contribution < -0.4 is 0 Å². The average molecular weight is 290 g/mol. The molecule has 1 aromatic heterocycles. The van der Waals surface area contributed by atoms with E-state index in [4.69, 9.17) is 5.11 Å². The first kappa shape index (κ1) is 14.6. The highest BCUT2D eigenvalue weighted by molar-refractivity contribution is 5.86. The summed E-state index contributed by atoms with van der Waals surface area (Å²) in [5, 5.41) is 27.6. The number of nitrogens with zero attached hydrogens (tertiary/aromatic N) is 4. The minimum absolute atomic E-state index is 0.0282. The van der Waals surface area contributed by atoms with Gasteiger partial charge in [-0.05, 0) is 5.92 Å². The number of carboxylic acids is 1. The van der Waals surface area contributed by atoms with Crippen molar-refractivity contribution in [2.45, 2.75) is 26.3 Å². The normalized spacial score (nSPS) is 10.8. The van der Waals surface area contributed by atoms with Crippen LogP contribution in [0.2, 0.25) is 0 Å². The Kier molecular flexibility index (Phi) is 3.97. The Morgan fingerprint density at radius 2 is 2.10 bits per heavy atom. The zero-order valence-corrected chi connectivity index (χ0v) is 11.6. The number of benzene rings is 1. The molecule has 0 aliphatic carbocycles. The van der Waals surface area contributed by atoms with E-state index in [1.54, 1.807) is 18.2 Å². The maximum atomic E-state index is 11.1. The van der Waals surface area contributed by atoms with Crippen molar-refractivity contribution >= 4 is 11.7 Å². The molecule has 1 aromatic carbocycles. The molecule has 8 heteroatoms. The molecular formula is C13H14N4O4. The first-order valence-electron chi connectivity index (χ1n) is 6.30. The number of nitro groups is 1. The van der Waals surface area contributed by atoms with E-state index in [2.05, 4.69) is 10.3 Å². The van der Waals surface area contributed by atoms with E-state index >= 15 is 0 Å². The van der Waals surface area contributed by atoms with E-state index in [0.29, 0.717) is 11.3 Å². The molecule has 2 aromatic rings. The topological polar surface area (TPSA) is 111 Å². The molecule has 0 bridgehead atoms. The van der Waals surface area contributed by atoms with Crippen LogP contribution in [0.5, 0.6) is 0 Å². The van der Waals surface area contributed by atoms with Crippen LogP contribution in [-0.4, -0.2) is 31.0 Å². The standard InChI is InChI=1S/C13H14N4O4/c1-8(2)12-11(13(18)19)14-15-16(12)7-9-5-3-4-6-10(9)17(20)21/h3-6,8H,7H2,1-2H3,(H,18,19). The Morgan fingerprint density at radius 3 is 2.67 bits per heavy atom. The third kappa shape index (κ3) is 2.88. The minimum Gasteiger partial charge on any atom is -0.476 e. The minimum atomic E-state index is -1.16. The molecule has 1 heterocycles. The Bertz CT molecular complexity index is 693. The SMILES string of the molecule is CC(C)c1c(C(=O)O)nnn1Cc1ccccc1[N+](=O)[O-]. The Balaban J connectivity index is 2.46. The second-order valence-electron chi connectivity index (χ2n) is 4.83. The second kappa shape index (κ2) is 5.70. The summed E-state index contributed by atoms with van der Waals surface area (Å²) in [4.78, 5) is 21.7. The highest BCUT2D eigenvalue weighted by atomic mass is 16.6. The van der Waals surface area contributed by atoms with Crippen molar-refractivity contribution in [3.8, 4) is 0 Å². The summed E-state index contributed by atoms with van der Waals surface area (Å²) >= 11 is 0. The van der Waals surface area contributed by atoms with Gasteiger partial charge >= 0.3 is 5.97 Å². The number of nitro benzene ring substituents is 1. The third-order valence-electron chi connectivity index (χ3n) is 3.03. The fourth-order valence-corrected chi connectivity index (χ4v) is 2.14. The molecule has 0 aliphatic heterocycles. The first-order valence-corrected chi connectivity index (χ1v) is 6.30. The Hall–Kier alpha value is -2.77. The fourth-order valence-electron chi connectivity index (χ4n) is 2.14. The van der Waals surface area contributed by atoms with E-state index in [1.165, 1.54) is 10.7 Å². The molecular weight excluding hydrogens is 276 g/mol. The van der Waals surface area contributed by atoms with Gasteiger partial charge in [-0.2, -0.15) is 0 Å². The molecule has 2 rings (SSSR count). The predicted octanol–water partition coefficient (Wildman–Crippen LogP) is 2.06. The van der Waals surface area contributed by atoms with Gasteiger partial charge < -0.3 is 5.11 Å². The molecule has 1 N–H and O–H groups in total. The fraction of sp³-hybridized carbons (Fsp3) is 0.308. The van der Waals surface area contributed by atoms with Crippen LogP contribution in [0.15, 0.2) is 24.3 Å². The van der Waals surface area contributed by atoms with E-state index in [0.717, 1.165) is 0 Å².